The van der Waals surface area contributed by atoms with Gasteiger partial charge in [-0.05, 0) is 82.5 Å². The van der Waals surface area contributed by atoms with Crippen LogP contribution in [0.1, 0.15) is 58.1 Å². The summed E-state index contributed by atoms with van der Waals surface area (Å²) in [7, 11) is -0.532. The van der Waals surface area contributed by atoms with Crippen LogP contribution in [0.4, 0.5) is 22.1 Å². The van der Waals surface area contributed by atoms with Crippen LogP contribution >= 0.6 is 0 Å². The number of rotatable bonds is 7. The first-order chi connectivity index (χ1) is 21.2. The minimum atomic E-state index is -3.53. The van der Waals surface area contributed by atoms with E-state index >= 15 is 0 Å². The van der Waals surface area contributed by atoms with Gasteiger partial charge in [0.2, 0.25) is 5.91 Å². The van der Waals surface area contributed by atoms with Crippen molar-refractivity contribution >= 4 is 50.1 Å². The van der Waals surface area contributed by atoms with Crippen molar-refractivity contribution in [1.82, 2.24) is 15.2 Å². The molecule has 6 rings (SSSR count). The molecule has 2 aromatic carbocycles. The number of hydrogen-bond acceptors (Lipinski definition) is 10. The molecule has 1 aliphatic heterocycles. The van der Waals surface area contributed by atoms with Gasteiger partial charge < -0.3 is 19.5 Å². The van der Waals surface area contributed by atoms with Crippen LogP contribution in [0, 0.1) is 0 Å². The average Bonchev–Trinajstić information content (AvgIpc) is 3.55. The van der Waals surface area contributed by atoms with Crippen molar-refractivity contribution in [2.45, 2.75) is 68.1 Å². The first-order valence-corrected chi connectivity index (χ1v) is 16.0. The number of carbonyl (C=O) groups is 2. The second-order valence-electron chi connectivity index (χ2n) is 12.5. The number of nitrogens with one attached hydrogen (secondary N) is 2. The van der Waals surface area contributed by atoms with Crippen LogP contribution < -0.4 is 19.7 Å². The highest BCUT2D eigenvalue weighted by molar-refractivity contribution is 7.92. The lowest BCUT2D eigenvalue weighted by molar-refractivity contribution is -0.120. The number of hydrogen-bond donors (Lipinski definition) is 2. The molecule has 4 aromatic rings. The number of imide groups is 1. The Kier molecular flexibility index (Phi) is 7.07. The fourth-order valence-electron chi connectivity index (χ4n) is 5.87. The highest BCUT2D eigenvalue weighted by Crippen LogP contribution is 2.67. The van der Waals surface area contributed by atoms with E-state index in [1.54, 1.807) is 53.9 Å². The molecule has 2 N–H and O–H groups in total. The fourth-order valence-corrected chi connectivity index (χ4v) is 6.89. The minimum absolute atomic E-state index is 0.0701. The van der Waals surface area contributed by atoms with E-state index in [9.17, 15) is 18.0 Å². The molecule has 1 saturated carbocycles. The zero-order valence-electron chi connectivity index (χ0n) is 26.1. The quantitative estimate of drug-likeness (QED) is 0.263. The van der Waals surface area contributed by atoms with Gasteiger partial charge in [-0.2, -0.15) is 5.10 Å². The summed E-state index contributed by atoms with van der Waals surface area (Å²) in [5.74, 6) is 1.12. The molecule has 0 bridgehead atoms. The third kappa shape index (κ3) is 4.95. The number of sulfone groups is 1. The lowest BCUT2D eigenvalue weighted by atomic mass is 9.91. The molecule has 2 aliphatic rings. The zero-order chi connectivity index (χ0) is 32.5. The van der Waals surface area contributed by atoms with Crippen LogP contribution in [0.2, 0.25) is 0 Å². The molecule has 1 spiro atoms. The van der Waals surface area contributed by atoms with E-state index in [1.807, 2.05) is 24.3 Å². The van der Waals surface area contributed by atoms with Crippen molar-refractivity contribution in [3.8, 4) is 11.5 Å². The second-order valence-corrected chi connectivity index (χ2v) is 15.1. The summed E-state index contributed by atoms with van der Waals surface area (Å²) >= 11 is 0. The summed E-state index contributed by atoms with van der Waals surface area (Å²) in [5, 5.41) is 10.7. The zero-order valence-corrected chi connectivity index (χ0v) is 26.9. The molecule has 236 valence electrons. The maximum Gasteiger partial charge on any atom is 0.421 e. The molecule has 12 nitrogen and oxygen atoms in total. The van der Waals surface area contributed by atoms with Crippen molar-refractivity contribution in [3.63, 3.8) is 0 Å². The number of aromatic nitrogens is 3. The summed E-state index contributed by atoms with van der Waals surface area (Å²) in [5.41, 5.74) is 1.16. The predicted molar refractivity (Wildman–Crippen MR) is 168 cm³/mol. The number of nitrogens with zero attached hydrogens (tertiary/aromatic N) is 3. The number of H-pyrrole nitrogens is 1. The molecule has 2 amide bonds. The van der Waals surface area contributed by atoms with Crippen LogP contribution in [0.5, 0.6) is 11.5 Å². The number of carbonyl (C=O) groups excluding carboxylic acids is 2. The third-order valence-electron chi connectivity index (χ3n) is 8.27. The van der Waals surface area contributed by atoms with E-state index in [1.165, 1.54) is 19.4 Å². The maximum atomic E-state index is 14.0. The Morgan fingerprint density at radius 1 is 1.09 bits per heavy atom. The molecule has 0 saturated heterocycles. The van der Waals surface area contributed by atoms with E-state index in [0.29, 0.717) is 29.5 Å². The van der Waals surface area contributed by atoms with Crippen molar-refractivity contribution in [2.24, 2.45) is 0 Å². The van der Waals surface area contributed by atoms with E-state index in [2.05, 4.69) is 20.5 Å². The first kappa shape index (κ1) is 30.4. The van der Waals surface area contributed by atoms with Gasteiger partial charge in [0.1, 0.15) is 11.4 Å². The van der Waals surface area contributed by atoms with Gasteiger partial charge in [0.15, 0.2) is 27.2 Å². The smallest absolute Gasteiger partial charge is 0.421 e. The Bertz CT molecular complexity index is 1960. The number of anilines is 3. The van der Waals surface area contributed by atoms with E-state index in [4.69, 9.17) is 14.2 Å². The number of aromatic amines is 1. The lowest BCUT2D eigenvalue weighted by Gasteiger charge is -2.24. The molecule has 1 aliphatic carbocycles. The highest BCUT2D eigenvalue weighted by Gasteiger charge is 2.68. The molecule has 2 atom stereocenters. The van der Waals surface area contributed by atoms with Gasteiger partial charge in [0, 0.05) is 23.6 Å². The van der Waals surface area contributed by atoms with Gasteiger partial charge in [-0.25, -0.2) is 23.1 Å². The number of benzene rings is 2. The number of methoxy groups -OCH3 is 2. The lowest BCUT2D eigenvalue weighted by Crippen LogP contribution is -2.41. The Morgan fingerprint density at radius 2 is 1.84 bits per heavy atom. The van der Waals surface area contributed by atoms with Gasteiger partial charge >= 0.3 is 6.09 Å². The molecule has 1 fully saturated rings. The van der Waals surface area contributed by atoms with E-state index in [0.717, 1.165) is 26.9 Å². The Labute approximate surface area is 261 Å². The molecule has 0 radical (unpaired) electrons. The molecule has 13 heteroatoms. The SMILES string of the molecule is COc1ccc2c(c1)[C@]1(C[C@H]1c1ccc3c(Nc4ncc(S(=O)(=O)C(C)C)cc4OC)n[nH]c3c1)C(=O)N2C(=O)OC(C)(C)C. The number of amides is 2. The second kappa shape index (κ2) is 10.5. The van der Waals surface area contributed by atoms with Crippen LogP contribution in [-0.2, 0) is 24.8 Å². The minimum Gasteiger partial charge on any atom is -0.497 e. The number of ether oxygens (including phenoxy) is 3. The fraction of sp³-hybridized carbons (Fsp3) is 0.375. The molecule has 3 heterocycles. The van der Waals surface area contributed by atoms with Crippen molar-refractivity contribution in [1.29, 1.82) is 0 Å². The average molecular weight is 634 g/mol. The van der Waals surface area contributed by atoms with E-state index < -0.39 is 32.2 Å². The Morgan fingerprint density at radius 3 is 2.51 bits per heavy atom. The summed E-state index contributed by atoms with van der Waals surface area (Å²) < 4.78 is 41.8. The van der Waals surface area contributed by atoms with Gasteiger partial charge in [-0.3, -0.25) is 9.89 Å². The van der Waals surface area contributed by atoms with Crippen molar-refractivity contribution in [2.75, 3.05) is 24.4 Å². The summed E-state index contributed by atoms with van der Waals surface area (Å²) in [6, 6.07) is 12.5. The molecule has 45 heavy (non-hydrogen) atoms. The first-order valence-electron chi connectivity index (χ1n) is 14.5. The number of fused-ring (bicyclic) bond motifs is 3. The highest BCUT2D eigenvalue weighted by atomic mass is 32.2. The van der Waals surface area contributed by atoms with E-state index in [-0.39, 0.29) is 22.5 Å². The van der Waals surface area contributed by atoms with Crippen LogP contribution in [0.15, 0.2) is 53.6 Å². The summed E-state index contributed by atoms with van der Waals surface area (Å²) in [6.07, 6.45) is 1.11. The van der Waals surface area contributed by atoms with Crippen LogP contribution in [0.25, 0.3) is 10.9 Å². The van der Waals surface area contributed by atoms with Crippen molar-refractivity contribution in [3.05, 3.63) is 59.8 Å². The Hall–Kier alpha value is -4.65. The largest absolute Gasteiger partial charge is 0.497 e. The van der Waals surface area contributed by atoms with Gasteiger partial charge in [-0.15, -0.1) is 0 Å². The summed E-state index contributed by atoms with van der Waals surface area (Å²) in [6.45, 7) is 8.50. The van der Waals surface area contributed by atoms with Crippen LogP contribution in [0.3, 0.4) is 0 Å². The molecule has 0 unspecified atom stereocenters. The standard InChI is InChI=1S/C32H35N5O7S/c1-17(2)45(40,41)20-14-26(43-7)28(33-16-20)34-27-21-10-8-18(12-24(21)35-36-27)23-15-32(23)22-13-19(42-6)9-11-25(22)37(29(32)38)30(39)44-31(3,4)5/h8-14,16-17,23H,15H2,1-7H3,(H2,33,34,35,36)/t23-,32-/m0/s1. The van der Waals surface area contributed by atoms with Crippen molar-refractivity contribution < 1.29 is 32.2 Å². The monoisotopic (exact) mass is 633 g/mol. The third-order valence-corrected chi connectivity index (χ3v) is 10.4. The Balaban J connectivity index is 1.31. The van der Waals surface area contributed by atoms with Gasteiger partial charge in [0.25, 0.3) is 0 Å². The topological polar surface area (TPSA) is 153 Å². The summed E-state index contributed by atoms with van der Waals surface area (Å²) in [4.78, 5) is 32.7. The molecule has 2 aromatic heterocycles. The predicted octanol–water partition coefficient (Wildman–Crippen LogP) is 5.61. The van der Waals surface area contributed by atoms with Gasteiger partial charge in [0.05, 0.1) is 41.0 Å². The maximum absolute atomic E-state index is 14.0. The molecular formula is C32H35N5O7S. The normalized spacial score (nSPS) is 19.2. The van der Waals surface area contributed by atoms with Crippen LogP contribution in [-0.4, -0.2) is 60.7 Å². The molecular weight excluding hydrogens is 598 g/mol. The number of pyridine rings is 1. The van der Waals surface area contributed by atoms with Gasteiger partial charge in [-0.1, -0.05) is 6.07 Å².